The minimum absolute atomic E-state index is 0.139. The Hall–Kier alpha value is -1.84. The maximum atomic E-state index is 12.3. The van der Waals surface area contributed by atoms with Gasteiger partial charge in [-0.2, -0.15) is 0 Å². The molecule has 0 bridgehead atoms. The summed E-state index contributed by atoms with van der Waals surface area (Å²) in [7, 11) is 0. The number of ether oxygens (including phenoxy) is 1. The molecule has 1 fully saturated rings. The van der Waals surface area contributed by atoms with Crippen molar-refractivity contribution in [2.45, 2.75) is 31.4 Å². The summed E-state index contributed by atoms with van der Waals surface area (Å²) in [6.07, 6.45) is 2.15. The van der Waals surface area contributed by atoms with E-state index in [4.69, 9.17) is 22.1 Å². The molecule has 0 radical (unpaired) electrons. The molecule has 120 valence electrons. The van der Waals surface area contributed by atoms with E-state index in [1.165, 1.54) is 0 Å². The highest BCUT2D eigenvalue weighted by Crippen LogP contribution is 2.41. The van der Waals surface area contributed by atoms with Gasteiger partial charge in [0, 0.05) is 10.6 Å². The summed E-state index contributed by atoms with van der Waals surface area (Å²) >= 11 is 5.93. The maximum Gasteiger partial charge on any atom is 0.309 e. The Bertz CT molecular complexity index is 672. The van der Waals surface area contributed by atoms with Crippen molar-refractivity contribution >= 4 is 17.6 Å². The lowest BCUT2D eigenvalue weighted by atomic mass is 9.88. The summed E-state index contributed by atoms with van der Waals surface area (Å²) in [6, 6.07) is 17.3. The maximum absolute atomic E-state index is 12.3. The summed E-state index contributed by atoms with van der Waals surface area (Å²) in [4.78, 5) is 12.3. The number of nitrogens with two attached hydrogens (primary N) is 1. The highest BCUT2D eigenvalue weighted by atomic mass is 35.5. The Morgan fingerprint density at radius 1 is 1.17 bits per heavy atom. The van der Waals surface area contributed by atoms with Crippen molar-refractivity contribution in [1.82, 2.24) is 0 Å². The lowest BCUT2D eigenvalue weighted by Crippen LogP contribution is -2.34. The van der Waals surface area contributed by atoms with Gasteiger partial charge in [-0.15, -0.1) is 0 Å². The predicted molar refractivity (Wildman–Crippen MR) is 90.9 cm³/mol. The van der Waals surface area contributed by atoms with Gasteiger partial charge in [0.25, 0.3) is 0 Å². The fraction of sp³-hybridized carbons (Fsp3) is 0.316. The van der Waals surface area contributed by atoms with E-state index in [1.54, 1.807) is 0 Å². The number of halogens is 1. The van der Waals surface area contributed by atoms with Gasteiger partial charge in [-0.1, -0.05) is 54.1 Å². The van der Waals surface area contributed by atoms with Crippen molar-refractivity contribution in [3.63, 3.8) is 0 Å². The average molecular weight is 330 g/mol. The second-order valence-electron chi connectivity index (χ2n) is 6.20. The Kier molecular flexibility index (Phi) is 4.69. The molecule has 0 aliphatic heterocycles. The molecule has 1 aliphatic rings. The second-order valence-corrected chi connectivity index (χ2v) is 6.63. The smallest absolute Gasteiger partial charge is 0.309 e. The Labute approximate surface area is 141 Å². The van der Waals surface area contributed by atoms with Gasteiger partial charge in [0.05, 0.1) is 5.92 Å². The van der Waals surface area contributed by atoms with Crippen LogP contribution in [0.4, 0.5) is 0 Å². The van der Waals surface area contributed by atoms with E-state index in [2.05, 4.69) is 0 Å². The average Bonchev–Trinajstić information content (AvgIpc) is 2.98. The molecule has 3 nitrogen and oxygen atoms in total. The highest BCUT2D eigenvalue weighted by Gasteiger charge is 2.40. The van der Waals surface area contributed by atoms with Crippen molar-refractivity contribution < 1.29 is 9.53 Å². The highest BCUT2D eigenvalue weighted by molar-refractivity contribution is 6.30. The van der Waals surface area contributed by atoms with Crippen molar-refractivity contribution in [3.8, 4) is 0 Å². The zero-order valence-corrected chi connectivity index (χ0v) is 13.6. The van der Waals surface area contributed by atoms with Crippen molar-refractivity contribution in [3.05, 3.63) is 70.7 Å². The molecule has 1 saturated carbocycles. The van der Waals surface area contributed by atoms with Gasteiger partial charge in [0.2, 0.25) is 0 Å². The van der Waals surface area contributed by atoms with Crippen LogP contribution >= 0.6 is 11.6 Å². The molecule has 0 heterocycles. The van der Waals surface area contributed by atoms with Crippen LogP contribution in [-0.4, -0.2) is 5.97 Å². The molecule has 4 heteroatoms. The number of rotatable bonds is 4. The first-order valence-corrected chi connectivity index (χ1v) is 8.20. The first-order chi connectivity index (χ1) is 11.1. The van der Waals surface area contributed by atoms with Crippen molar-refractivity contribution in [2.24, 2.45) is 11.7 Å². The summed E-state index contributed by atoms with van der Waals surface area (Å²) in [5.41, 5.74) is 8.07. The second kappa shape index (κ2) is 6.73. The number of hydrogen-bond donors (Lipinski definition) is 1. The van der Waals surface area contributed by atoms with Crippen LogP contribution < -0.4 is 5.73 Å². The molecule has 2 N–H and O–H groups in total. The molecule has 2 aromatic rings. The van der Waals surface area contributed by atoms with Crippen LogP contribution in [0.2, 0.25) is 5.02 Å². The van der Waals surface area contributed by atoms with Gasteiger partial charge in [-0.05, 0) is 42.5 Å². The Morgan fingerprint density at radius 3 is 2.57 bits per heavy atom. The van der Waals surface area contributed by atoms with Crippen LogP contribution in [0.15, 0.2) is 54.6 Å². The summed E-state index contributed by atoms with van der Waals surface area (Å²) in [5.74, 6) is -0.297. The summed E-state index contributed by atoms with van der Waals surface area (Å²) in [5, 5.41) is 0.689. The summed E-state index contributed by atoms with van der Waals surface area (Å²) < 4.78 is 5.44. The standard InChI is InChI=1S/C19H20ClNO2/c20-17-8-6-16(7-9-17)19(21)11-10-15(12-19)18(22)23-13-14-4-2-1-3-5-14/h1-9,15H,10-13,21H2. The van der Waals surface area contributed by atoms with Crippen LogP contribution in [0, 0.1) is 5.92 Å². The van der Waals surface area contributed by atoms with E-state index in [9.17, 15) is 4.79 Å². The van der Waals surface area contributed by atoms with Crippen LogP contribution in [0.3, 0.4) is 0 Å². The molecule has 0 amide bonds. The molecule has 3 rings (SSSR count). The van der Waals surface area contributed by atoms with Crippen LogP contribution in [0.25, 0.3) is 0 Å². The van der Waals surface area contributed by atoms with Gasteiger partial charge >= 0.3 is 5.97 Å². The minimum atomic E-state index is -0.471. The molecule has 1 aliphatic carbocycles. The van der Waals surface area contributed by atoms with E-state index in [-0.39, 0.29) is 11.9 Å². The molecular weight excluding hydrogens is 310 g/mol. The first-order valence-electron chi connectivity index (χ1n) is 7.82. The van der Waals surface area contributed by atoms with Gasteiger partial charge in [0.1, 0.15) is 6.61 Å². The van der Waals surface area contributed by atoms with Gasteiger partial charge in [0.15, 0.2) is 0 Å². The number of benzene rings is 2. The molecule has 2 aromatic carbocycles. The molecule has 2 unspecified atom stereocenters. The van der Waals surface area contributed by atoms with Gasteiger partial charge in [-0.3, -0.25) is 4.79 Å². The van der Waals surface area contributed by atoms with E-state index in [0.29, 0.717) is 18.1 Å². The Morgan fingerprint density at radius 2 is 1.87 bits per heavy atom. The topological polar surface area (TPSA) is 52.3 Å². The molecule has 0 saturated heterocycles. The third kappa shape index (κ3) is 3.74. The predicted octanol–water partition coefficient (Wildman–Crippen LogP) is 4.04. The fourth-order valence-corrected chi connectivity index (χ4v) is 3.29. The lowest BCUT2D eigenvalue weighted by Gasteiger charge is -2.24. The number of hydrogen-bond acceptors (Lipinski definition) is 3. The third-order valence-electron chi connectivity index (χ3n) is 4.53. The minimum Gasteiger partial charge on any atom is -0.461 e. The SMILES string of the molecule is NC1(c2ccc(Cl)cc2)CCC(C(=O)OCc2ccccc2)C1. The zero-order valence-electron chi connectivity index (χ0n) is 12.9. The molecular formula is C19H20ClNO2. The zero-order chi connectivity index (χ0) is 16.3. The number of esters is 1. The third-order valence-corrected chi connectivity index (χ3v) is 4.78. The van der Waals surface area contributed by atoms with Crippen molar-refractivity contribution in [1.29, 1.82) is 0 Å². The van der Waals surface area contributed by atoms with Crippen LogP contribution in [0.1, 0.15) is 30.4 Å². The van der Waals surface area contributed by atoms with E-state index >= 15 is 0 Å². The van der Waals surface area contributed by atoms with Crippen LogP contribution in [0.5, 0.6) is 0 Å². The fourth-order valence-electron chi connectivity index (χ4n) is 3.17. The van der Waals surface area contributed by atoms with Gasteiger partial charge in [-0.25, -0.2) is 0 Å². The quantitative estimate of drug-likeness (QED) is 0.861. The molecule has 2 atom stereocenters. The number of carbonyl (C=O) groups excluding carboxylic acids is 1. The largest absolute Gasteiger partial charge is 0.461 e. The van der Waals surface area contributed by atoms with E-state index < -0.39 is 5.54 Å². The Balaban J connectivity index is 1.60. The van der Waals surface area contributed by atoms with E-state index in [0.717, 1.165) is 24.0 Å². The monoisotopic (exact) mass is 329 g/mol. The normalized spacial score (nSPS) is 23.7. The summed E-state index contributed by atoms with van der Waals surface area (Å²) in [6.45, 7) is 0.314. The van der Waals surface area contributed by atoms with E-state index in [1.807, 2.05) is 54.6 Å². The number of carbonyl (C=O) groups is 1. The molecule has 0 aromatic heterocycles. The van der Waals surface area contributed by atoms with Crippen molar-refractivity contribution in [2.75, 3.05) is 0 Å². The van der Waals surface area contributed by atoms with Crippen LogP contribution in [-0.2, 0) is 21.7 Å². The first kappa shape index (κ1) is 16.0. The van der Waals surface area contributed by atoms with Gasteiger partial charge < -0.3 is 10.5 Å². The lowest BCUT2D eigenvalue weighted by molar-refractivity contribution is -0.149. The molecule has 23 heavy (non-hydrogen) atoms. The molecule has 0 spiro atoms.